The molecule has 0 saturated carbocycles. The molecule has 0 atom stereocenters. The standard InChI is InChI=1S/C5H5NO.C2H5.Zn/c7-4-5-2-1-3-6-5;1-2;/h1-4,7H;1H2,2H3;/p-1. The van der Waals surface area contributed by atoms with E-state index in [0.29, 0.717) is 5.70 Å². The summed E-state index contributed by atoms with van der Waals surface area (Å²) in [7, 11) is 0. The van der Waals surface area contributed by atoms with Gasteiger partial charge in [-0.25, -0.2) is 0 Å². The van der Waals surface area contributed by atoms with Crippen LogP contribution in [0.15, 0.2) is 29.1 Å². The van der Waals surface area contributed by atoms with Gasteiger partial charge in [0.1, 0.15) is 0 Å². The Morgan fingerprint density at radius 1 is 1.60 bits per heavy atom. The summed E-state index contributed by atoms with van der Waals surface area (Å²) in [5, 5.41) is 9.81. The molecule has 10 heavy (non-hydrogen) atoms. The molecular weight excluding hydrogens is 179 g/mol. The van der Waals surface area contributed by atoms with E-state index < -0.39 is 0 Å². The van der Waals surface area contributed by atoms with Crippen LogP contribution in [0.5, 0.6) is 0 Å². The number of hydrogen-bond acceptors (Lipinski definition) is 2. The van der Waals surface area contributed by atoms with Gasteiger partial charge in [0.05, 0.1) is 0 Å². The summed E-state index contributed by atoms with van der Waals surface area (Å²) in [4.78, 5) is 3.67. The zero-order valence-electron chi connectivity index (χ0n) is 6.08. The number of allylic oxidation sites excluding steroid dienone is 2. The van der Waals surface area contributed by atoms with Gasteiger partial charge in [0.25, 0.3) is 0 Å². The fourth-order valence-corrected chi connectivity index (χ4v) is 0.383. The molecule has 0 aromatic carbocycles. The van der Waals surface area contributed by atoms with Crippen LogP contribution in [0.1, 0.15) is 6.92 Å². The van der Waals surface area contributed by atoms with Crippen LogP contribution in [0, 0.1) is 6.92 Å². The molecule has 0 aromatic rings. The van der Waals surface area contributed by atoms with Crippen LogP contribution in [0.4, 0.5) is 0 Å². The van der Waals surface area contributed by atoms with Crippen LogP contribution in [0.25, 0.3) is 0 Å². The van der Waals surface area contributed by atoms with E-state index in [1.807, 2.05) is 0 Å². The molecule has 2 nitrogen and oxygen atoms in total. The maximum absolute atomic E-state index is 9.81. The topological polar surface area (TPSA) is 35.4 Å². The minimum absolute atomic E-state index is 0. The van der Waals surface area contributed by atoms with E-state index in [1.165, 1.54) is 0 Å². The maximum atomic E-state index is 9.81. The van der Waals surface area contributed by atoms with Gasteiger partial charge >= 0.3 is 0 Å². The molecule has 1 aliphatic rings. The monoisotopic (exact) mass is 187 g/mol. The smallest absolute Gasteiger partial charge is 0.0478 e. The average Bonchev–Trinajstić information content (AvgIpc) is 2.43. The van der Waals surface area contributed by atoms with Crippen molar-refractivity contribution in [3.8, 4) is 0 Å². The van der Waals surface area contributed by atoms with Gasteiger partial charge in [-0.2, -0.15) is 0 Å². The van der Waals surface area contributed by atoms with Crippen molar-refractivity contribution in [2.75, 3.05) is 0 Å². The van der Waals surface area contributed by atoms with Crippen LogP contribution in [0.2, 0.25) is 0 Å². The van der Waals surface area contributed by atoms with Crippen molar-refractivity contribution in [1.29, 1.82) is 0 Å². The molecular formula is C7H9NOZn-. The first-order chi connectivity index (χ1) is 4.43. The van der Waals surface area contributed by atoms with Crippen LogP contribution in [-0.2, 0) is 19.5 Å². The van der Waals surface area contributed by atoms with Crippen LogP contribution in [-0.4, -0.2) is 6.21 Å². The zero-order chi connectivity index (χ0) is 7.11. The van der Waals surface area contributed by atoms with Gasteiger partial charge in [0.15, 0.2) is 0 Å². The fraction of sp³-hybridized carbons (Fsp3) is 0.143. The molecule has 0 aliphatic carbocycles. The molecule has 0 amide bonds. The molecule has 51 valence electrons. The fourth-order valence-electron chi connectivity index (χ4n) is 0.383. The number of nitrogens with zero attached hydrogens (tertiary/aromatic N) is 1. The number of rotatable bonds is 0. The third-order valence-corrected chi connectivity index (χ3v) is 0.697. The first kappa shape index (κ1) is 12.3. The Morgan fingerprint density at radius 2 is 2.20 bits per heavy atom. The van der Waals surface area contributed by atoms with E-state index in [2.05, 4.69) is 11.9 Å². The van der Waals surface area contributed by atoms with E-state index in [9.17, 15) is 5.11 Å². The molecule has 0 aromatic heterocycles. The van der Waals surface area contributed by atoms with Gasteiger partial charge in [0.2, 0.25) is 0 Å². The summed E-state index contributed by atoms with van der Waals surface area (Å²) in [5.41, 5.74) is 0.500. The minimum atomic E-state index is 0. The van der Waals surface area contributed by atoms with Gasteiger partial charge in [0, 0.05) is 31.4 Å². The Kier molecular flexibility index (Phi) is 10.5. The van der Waals surface area contributed by atoms with Crippen LogP contribution in [0.3, 0.4) is 0 Å². The second-order valence-electron chi connectivity index (χ2n) is 1.18. The van der Waals surface area contributed by atoms with E-state index in [0.717, 1.165) is 6.26 Å². The van der Waals surface area contributed by atoms with Crippen LogP contribution >= 0.6 is 0 Å². The number of aliphatic imine (C=N–C) groups is 1. The van der Waals surface area contributed by atoms with E-state index in [4.69, 9.17) is 0 Å². The van der Waals surface area contributed by atoms with E-state index >= 15 is 0 Å². The summed E-state index contributed by atoms with van der Waals surface area (Å²) < 4.78 is 0. The molecule has 1 heterocycles. The summed E-state index contributed by atoms with van der Waals surface area (Å²) in [6.07, 6.45) is 5.69. The SMILES string of the molecule is [CH2]C.[O-]C=C1C=CC=N1.[Zn]. The van der Waals surface area contributed by atoms with Crippen molar-refractivity contribution in [2.45, 2.75) is 6.92 Å². The summed E-state index contributed by atoms with van der Waals surface area (Å²) in [6.45, 7) is 5.00. The maximum Gasteiger partial charge on any atom is 0.0478 e. The van der Waals surface area contributed by atoms with Gasteiger partial charge in [-0.05, 0) is 12.2 Å². The second kappa shape index (κ2) is 8.57. The predicted molar refractivity (Wildman–Crippen MR) is 36.7 cm³/mol. The Balaban J connectivity index is 0. The average molecular weight is 189 g/mol. The van der Waals surface area contributed by atoms with Gasteiger partial charge < -0.3 is 5.11 Å². The summed E-state index contributed by atoms with van der Waals surface area (Å²) >= 11 is 0. The third-order valence-electron chi connectivity index (χ3n) is 0.697. The molecule has 0 spiro atoms. The third kappa shape index (κ3) is 4.45. The van der Waals surface area contributed by atoms with Crippen LogP contribution < -0.4 is 5.11 Å². The molecule has 0 unspecified atom stereocenters. The minimum Gasteiger partial charge on any atom is -0.876 e. The van der Waals surface area contributed by atoms with Crippen molar-refractivity contribution in [3.63, 3.8) is 0 Å². The summed E-state index contributed by atoms with van der Waals surface area (Å²) in [6, 6.07) is 0. The van der Waals surface area contributed by atoms with Gasteiger partial charge in [-0.15, -0.1) is 6.26 Å². The summed E-state index contributed by atoms with van der Waals surface area (Å²) in [5.74, 6) is 0. The Hall–Kier alpha value is -0.427. The van der Waals surface area contributed by atoms with E-state index in [1.54, 1.807) is 25.3 Å². The molecule has 0 bridgehead atoms. The molecule has 0 fully saturated rings. The molecule has 0 saturated heterocycles. The quantitative estimate of drug-likeness (QED) is 0.407. The molecule has 1 radical (unpaired) electrons. The first-order valence-corrected chi connectivity index (χ1v) is 2.67. The largest absolute Gasteiger partial charge is 0.876 e. The van der Waals surface area contributed by atoms with Gasteiger partial charge in [-0.1, -0.05) is 13.8 Å². The first-order valence-electron chi connectivity index (χ1n) is 2.67. The normalized spacial score (nSPS) is 16.0. The van der Waals surface area contributed by atoms with Crippen molar-refractivity contribution in [2.24, 2.45) is 4.99 Å². The second-order valence-corrected chi connectivity index (χ2v) is 1.18. The van der Waals surface area contributed by atoms with Crippen molar-refractivity contribution in [1.82, 2.24) is 0 Å². The predicted octanol–water partition coefficient (Wildman–Crippen LogP) is 0.667. The Labute approximate surface area is 74.1 Å². The zero-order valence-corrected chi connectivity index (χ0v) is 9.05. The molecule has 1 rings (SSSR count). The van der Waals surface area contributed by atoms with Crippen molar-refractivity contribution in [3.05, 3.63) is 31.0 Å². The molecule has 3 heteroatoms. The number of hydrogen-bond donors (Lipinski definition) is 0. The Bertz CT molecular complexity index is 136. The Morgan fingerprint density at radius 3 is 2.40 bits per heavy atom. The van der Waals surface area contributed by atoms with Crippen molar-refractivity contribution < 1.29 is 24.6 Å². The van der Waals surface area contributed by atoms with E-state index in [-0.39, 0.29) is 19.5 Å². The molecule has 1 aliphatic heterocycles. The molecule has 0 N–H and O–H groups in total. The van der Waals surface area contributed by atoms with Gasteiger partial charge in [-0.3, -0.25) is 4.99 Å². The van der Waals surface area contributed by atoms with Crippen molar-refractivity contribution >= 4 is 6.21 Å².